The molecule has 5 nitrogen and oxygen atoms in total. The minimum absolute atomic E-state index is 0.0291. The molecule has 8 atom stereocenters. The van der Waals surface area contributed by atoms with Crippen LogP contribution in [0.4, 0.5) is 0 Å². The summed E-state index contributed by atoms with van der Waals surface area (Å²) in [5, 5.41) is 21.0. The number of carbonyl (C=O) groups is 2. The van der Waals surface area contributed by atoms with Gasteiger partial charge in [-0.1, -0.05) is 25.5 Å². The monoisotopic (exact) mass is 372 g/mol. The molecular formula is C22H28O5. The Morgan fingerprint density at radius 2 is 2.07 bits per heavy atom. The molecule has 2 unspecified atom stereocenters. The number of ketones is 2. The summed E-state index contributed by atoms with van der Waals surface area (Å²) in [7, 11) is 0. The Balaban J connectivity index is 1.60. The van der Waals surface area contributed by atoms with Gasteiger partial charge in [0.25, 0.3) is 0 Å². The van der Waals surface area contributed by atoms with Crippen LogP contribution in [0.3, 0.4) is 0 Å². The lowest BCUT2D eigenvalue weighted by molar-refractivity contribution is -0.165. The third kappa shape index (κ3) is 1.73. The van der Waals surface area contributed by atoms with Gasteiger partial charge in [0.2, 0.25) is 0 Å². The zero-order chi connectivity index (χ0) is 19.4. The fourth-order valence-electron chi connectivity index (χ4n) is 7.70. The number of ether oxygens (including phenoxy) is 1. The first-order chi connectivity index (χ1) is 12.6. The summed E-state index contributed by atoms with van der Waals surface area (Å²) in [5.74, 6) is -0.193. The van der Waals surface area contributed by atoms with E-state index >= 15 is 0 Å². The van der Waals surface area contributed by atoms with E-state index in [0.29, 0.717) is 6.42 Å². The van der Waals surface area contributed by atoms with Crippen molar-refractivity contribution in [2.45, 2.75) is 63.8 Å². The highest BCUT2D eigenvalue weighted by Crippen LogP contribution is 2.76. The Morgan fingerprint density at radius 1 is 1.33 bits per heavy atom. The molecule has 2 N–H and O–H groups in total. The van der Waals surface area contributed by atoms with Crippen molar-refractivity contribution in [2.75, 3.05) is 6.61 Å². The van der Waals surface area contributed by atoms with Gasteiger partial charge in [-0.05, 0) is 62.5 Å². The molecule has 0 amide bonds. The molecule has 4 aliphatic carbocycles. The first kappa shape index (κ1) is 17.8. The van der Waals surface area contributed by atoms with E-state index in [1.54, 1.807) is 12.2 Å². The lowest BCUT2D eigenvalue weighted by atomic mass is 9.46. The van der Waals surface area contributed by atoms with E-state index in [1.165, 1.54) is 0 Å². The van der Waals surface area contributed by atoms with Crippen LogP contribution in [0.1, 0.15) is 46.5 Å². The molecule has 4 fully saturated rings. The van der Waals surface area contributed by atoms with Crippen LogP contribution in [-0.4, -0.2) is 45.7 Å². The van der Waals surface area contributed by atoms with Crippen molar-refractivity contribution in [2.24, 2.45) is 28.6 Å². The standard InChI is InChI=1S/C22H28O5/c1-12-8-16-15-5-4-13-9-14(24)6-7-19(13,2)22(15)18(27-22)10-20(16,3)21(12,26)17(25)11-23/h6-7,9,12,15-16,18,23,26H,4-5,8,10-11H2,1-3H3/t12-,15?,16?,18-,19-,20-,21-,22+/m0/s1. The summed E-state index contributed by atoms with van der Waals surface area (Å²) in [6.07, 6.45) is 8.58. The van der Waals surface area contributed by atoms with Crippen LogP contribution in [0, 0.1) is 28.6 Å². The van der Waals surface area contributed by atoms with Gasteiger partial charge in [0.1, 0.15) is 17.8 Å². The first-order valence-electron chi connectivity index (χ1n) is 10.1. The number of epoxide rings is 1. The SMILES string of the molecule is C[C@H]1CC2C3CCC4=CC(=O)C=C[C@]4(C)[C@@]34O[C@H]4C[C@]2(C)[C@@]1(O)C(=O)CO. The Morgan fingerprint density at radius 3 is 2.78 bits per heavy atom. The number of aliphatic hydroxyl groups is 2. The summed E-state index contributed by atoms with van der Waals surface area (Å²) in [4.78, 5) is 24.5. The van der Waals surface area contributed by atoms with Crippen LogP contribution in [-0.2, 0) is 14.3 Å². The molecule has 0 aromatic heterocycles. The highest BCUT2D eigenvalue weighted by Gasteiger charge is 2.81. The van der Waals surface area contributed by atoms with Gasteiger partial charge in [0.15, 0.2) is 11.6 Å². The molecule has 5 aliphatic rings. The van der Waals surface area contributed by atoms with E-state index in [2.05, 4.69) is 6.92 Å². The fourth-order valence-corrected chi connectivity index (χ4v) is 7.70. The molecule has 0 bridgehead atoms. The quantitative estimate of drug-likeness (QED) is 0.724. The molecular weight excluding hydrogens is 344 g/mol. The van der Waals surface area contributed by atoms with Gasteiger partial charge in [-0.3, -0.25) is 9.59 Å². The molecule has 5 heteroatoms. The largest absolute Gasteiger partial charge is 0.388 e. The van der Waals surface area contributed by atoms with Crippen molar-refractivity contribution in [3.05, 3.63) is 23.8 Å². The smallest absolute Gasteiger partial charge is 0.190 e. The van der Waals surface area contributed by atoms with Crippen molar-refractivity contribution < 1.29 is 24.5 Å². The predicted octanol–water partition coefficient (Wildman–Crippen LogP) is 1.96. The highest BCUT2D eigenvalue weighted by atomic mass is 16.6. The van der Waals surface area contributed by atoms with E-state index < -0.39 is 23.4 Å². The van der Waals surface area contributed by atoms with Crippen LogP contribution < -0.4 is 0 Å². The van der Waals surface area contributed by atoms with Crippen molar-refractivity contribution in [1.29, 1.82) is 0 Å². The zero-order valence-corrected chi connectivity index (χ0v) is 16.2. The third-order valence-corrected chi connectivity index (χ3v) is 9.08. The number of rotatable bonds is 2. The van der Waals surface area contributed by atoms with Crippen molar-refractivity contribution >= 4 is 11.6 Å². The molecule has 146 valence electrons. The molecule has 3 saturated carbocycles. The van der Waals surface area contributed by atoms with Gasteiger partial charge < -0.3 is 14.9 Å². The second kappa shape index (κ2) is 5.00. The summed E-state index contributed by atoms with van der Waals surface area (Å²) < 4.78 is 6.43. The van der Waals surface area contributed by atoms with Crippen molar-refractivity contribution in [1.82, 2.24) is 0 Å². The number of fused-ring (bicyclic) bond motifs is 3. The van der Waals surface area contributed by atoms with Gasteiger partial charge in [-0.2, -0.15) is 0 Å². The van der Waals surface area contributed by atoms with E-state index in [4.69, 9.17) is 4.74 Å². The van der Waals surface area contributed by atoms with Crippen LogP contribution in [0.5, 0.6) is 0 Å². The van der Waals surface area contributed by atoms with Gasteiger partial charge in [-0.25, -0.2) is 0 Å². The number of allylic oxidation sites excluding steroid dienone is 2. The minimum Gasteiger partial charge on any atom is -0.388 e. The first-order valence-corrected chi connectivity index (χ1v) is 10.1. The minimum atomic E-state index is -1.50. The number of hydrogen-bond donors (Lipinski definition) is 2. The normalized spacial score (nSPS) is 55.1. The Kier molecular flexibility index (Phi) is 3.29. The van der Waals surface area contributed by atoms with E-state index in [1.807, 2.05) is 19.9 Å². The Bertz CT molecular complexity index is 814. The molecule has 1 spiro atoms. The van der Waals surface area contributed by atoms with Crippen LogP contribution in [0.25, 0.3) is 0 Å². The molecule has 0 aromatic carbocycles. The summed E-state index contributed by atoms with van der Waals surface area (Å²) in [5.41, 5.74) is -1.55. The lowest BCUT2D eigenvalue weighted by Crippen LogP contribution is -2.62. The molecule has 1 aliphatic heterocycles. The maximum Gasteiger partial charge on any atom is 0.190 e. The second-order valence-electron chi connectivity index (χ2n) is 9.86. The maximum atomic E-state index is 12.6. The number of hydrogen-bond acceptors (Lipinski definition) is 5. The lowest BCUT2D eigenvalue weighted by Gasteiger charge is -2.55. The summed E-state index contributed by atoms with van der Waals surface area (Å²) in [6.45, 7) is 5.51. The van der Waals surface area contributed by atoms with E-state index in [9.17, 15) is 19.8 Å². The van der Waals surface area contributed by atoms with Gasteiger partial charge in [0.05, 0.1) is 6.10 Å². The zero-order valence-electron chi connectivity index (χ0n) is 16.2. The van der Waals surface area contributed by atoms with Crippen molar-refractivity contribution in [3.63, 3.8) is 0 Å². The molecule has 1 heterocycles. The van der Waals surface area contributed by atoms with E-state index in [-0.39, 0.29) is 40.7 Å². The van der Waals surface area contributed by atoms with Gasteiger partial charge in [0, 0.05) is 10.8 Å². The Hall–Kier alpha value is -1.30. The van der Waals surface area contributed by atoms with Crippen LogP contribution in [0.2, 0.25) is 0 Å². The molecule has 5 rings (SSSR count). The number of carbonyl (C=O) groups excluding carboxylic acids is 2. The number of Topliss-reactive ketones (excluding diaryl/α,β-unsaturated/α-hetero) is 1. The molecule has 1 saturated heterocycles. The predicted molar refractivity (Wildman–Crippen MR) is 97.7 cm³/mol. The van der Waals surface area contributed by atoms with Gasteiger partial charge in [-0.15, -0.1) is 0 Å². The Labute approximate surface area is 159 Å². The summed E-state index contributed by atoms with van der Waals surface area (Å²) >= 11 is 0. The summed E-state index contributed by atoms with van der Waals surface area (Å²) in [6, 6.07) is 0. The number of aliphatic hydroxyl groups excluding tert-OH is 1. The maximum absolute atomic E-state index is 12.6. The second-order valence-corrected chi connectivity index (χ2v) is 9.86. The highest BCUT2D eigenvalue weighted by molar-refractivity contribution is 6.01. The topological polar surface area (TPSA) is 87.1 Å². The fraction of sp³-hybridized carbons (Fsp3) is 0.727. The third-order valence-electron chi connectivity index (χ3n) is 9.08. The van der Waals surface area contributed by atoms with Crippen LogP contribution in [0.15, 0.2) is 23.8 Å². The molecule has 27 heavy (non-hydrogen) atoms. The average molecular weight is 372 g/mol. The van der Waals surface area contributed by atoms with E-state index in [0.717, 1.165) is 24.8 Å². The average Bonchev–Trinajstić information content (AvgIpc) is 3.31. The van der Waals surface area contributed by atoms with Gasteiger partial charge >= 0.3 is 0 Å². The van der Waals surface area contributed by atoms with Crippen LogP contribution >= 0.6 is 0 Å². The molecule has 0 radical (unpaired) electrons. The molecule has 0 aromatic rings. The van der Waals surface area contributed by atoms with Crippen molar-refractivity contribution in [3.8, 4) is 0 Å².